The van der Waals surface area contributed by atoms with E-state index in [1.54, 1.807) is 20.8 Å². The number of benzene rings is 1. The Balaban J connectivity index is 3.01. The zero-order valence-corrected chi connectivity index (χ0v) is 13.3. The summed E-state index contributed by atoms with van der Waals surface area (Å²) in [6, 6.07) is 9.38. The maximum Gasteiger partial charge on any atom is 0.155 e. The van der Waals surface area contributed by atoms with Crippen LogP contribution in [0.1, 0.15) is 32.8 Å². The first-order valence-corrected chi connectivity index (χ1v) is 8.42. The van der Waals surface area contributed by atoms with Crippen LogP contribution in [0.25, 0.3) is 0 Å². The van der Waals surface area contributed by atoms with E-state index in [0.29, 0.717) is 6.42 Å². The molecule has 1 unspecified atom stereocenters. The van der Waals surface area contributed by atoms with Gasteiger partial charge in [0.25, 0.3) is 0 Å². The summed E-state index contributed by atoms with van der Waals surface area (Å²) in [5, 5.41) is 9.75. The Kier molecular flexibility index (Phi) is 5.35. The van der Waals surface area contributed by atoms with Crippen molar-refractivity contribution in [2.75, 3.05) is 18.9 Å². The third kappa shape index (κ3) is 3.59. The highest BCUT2D eigenvalue weighted by Gasteiger charge is 2.35. The molecular formula is C15H25NO3S. The van der Waals surface area contributed by atoms with Crippen molar-refractivity contribution in [2.24, 2.45) is 5.73 Å². The normalized spacial score (nSPS) is 15.8. The van der Waals surface area contributed by atoms with Gasteiger partial charge in [0.2, 0.25) is 0 Å². The van der Waals surface area contributed by atoms with Gasteiger partial charge < -0.3 is 10.8 Å². The second kappa shape index (κ2) is 6.24. The molecule has 0 fully saturated rings. The molecule has 0 aromatic heterocycles. The molecule has 1 aromatic carbocycles. The molecule has 0 heterocycles. The summed E-state index contributed by atoms with van der Waals surface area (Å²) in [7, 11) is -3.23. The zero-order chi connectivity index (χ0) is 15.4. The Morgan fingerprint density at radius 1 is 1.15 bits per heavy atom. The summed E-state index contributed by atoms with van der Waals surface area (Å²) in [5.74, 6) is 0.0170. The largest absolute Gasteiger partial charge is 0.395 e. The Bertz CT molecular complexity index is 514. The van der Waals surface area contributed by atoms with Crippen molar-refractivity contribution in [2.45, 2.75) is 37.4 Å². The van der Waals surface area contributed by atoms with Crippen LogP contribution in [0.3, 0.4) is 0 Å². The first-order chi connectivity index (χ1) is 9.18. The minimum absolute atomic E-state index is 0.0170. The summed E-state index contributed by atoms with van der Waals surface area (Å²) in [4.78, 5) is 0. The number of nitrogens with two attached hydrogens (primary N) is 1. The van der Waals surface area contributed by atoms with Gasteiger partial charge in [-0.2, -0.15) is 0 Å². The molecule has 20 heavy (non-hydrogen) atoms. The van der Waals surface area contributed by atoms with Crippen molar-refractivity contribution in [3.63, 3.8) is 0 Å². The molecule has 114 valence electrons. The lowest BCUT2D eigenvalue weighted by Gasteiger charge is -2.32. The summed E-state index contributed by atoms with van der Waals surface area (Å²) >= 11 is 0. The lowest BCUT2D eigenvalue weighted by molar-refractivity contribution is 0.193. The van der Waals surface area contributed by atoms with Crippen LogP contribution in [-0.2, 0) is 15.3 Å². The smallest absolute Gasteiger partial charge is 0.155 e. The van der Waals surface area contributed by atoms with Crippen LogP contribution in [0.5, 0.6) is 0 Å². The third-order valence-corrected chi connectivity index (χ3v) is 6.47. The predicted octanol–water partition coefficient (Wildman–Crippen LogP) is 1.48. The lowest BCUT2D eigenvalue weighted by atomic mass is 9.79. The van der Waals surface area contributed by atoms with Crippen molar-refractivity contribution in [1.29, 1.82) is 0 Å². The average Bonchev–Trinajstić information content (AvgIpc) is 2.40. The number of rotatable bonds is 6. The fourth-order valence-electron chi connectivity index (χ4n) is 2.03. The van der Waals surface area contributed by atoms with Gasteiger partial charge in [0.15, 0.2) is 9.84 Å². The van der Waals surface area contributed by atoms with Gasteiger partial charge in [0.1, 0.15) is 0 Å². The van der Waals surface area contributed by atoms with Gasteiger partial charge in [-0.1, -0.05) is 30.3 Å². The first kappa shape index (κ1) is 17.1. The Labute approximate surface area is 121 Å². The molecule has 1 aromatic rings. The van der Waals surface area contributed by atoms with Gasteiger partial charge in [0, 0.05) is 12.0 Å². The van der Waals surface area contributed by atoms with Crippen molar-refractivity contribution in [3.05, 3.63) is 35.9 Å². The maximum atomic E-state index is 12.2. The van der Waals surface area contributed by atoms with E-state index in [0.717, 1.165) is 5.56 Å². The second-order valence-corrected chi connectivity index (χ2v) is 9.05. The highest BCUT2D eigenvalue weighted by molar-refractivity contribution is 7.92. The summed E-state index contributed by atoms with van der Waals surface area (Å²) in [6.07, 6.45) is 0.323. The number of hydrogen-bond acceptors (Lipinski definition) is 4. The molecule has 0 radical (unpaired) electrons. The van der Waals surface area contributed by atoms with Crippen LogP contribution in [-0.4, -0.2) is 37.2 Å². The topological polar surface area (TPSA) is 80.4 Å². The van der Waals surface area contributed by atoms with Gasteiger partial charge in [0.05, 0.1) is 17.1 Å². The minimum Gasteiger partial charge on any atom is -0.395 e. The van der Waals surface area contributed by atoms with Crippen LogP contribution in [0.4, 0.5) is 0 Å². The average molecular weight is 299 g/mol. The molecular weight excluding hydrogens is 274 g/mol. The molecule has 0 saturated heterocycles. The van der Waals surface area contributed by atoms with E-state index in [1.165, 1.54) is 0 Å². The van der Waals surface area contributed by atoms with Crippen LogP contribution in [0.2, 0.25) is 0 Å². The molecule has 3 N–H and O–H groups in total. The predicted molar refractivity (Wildman–Crippen MR) is 82.4 cm³/mol. The highest BCUT2D eigenvalue weighted by atomic mass is 32.2. The van der Waals surface area contributed by atoms with E-state index in [1.807, 2.05) is 30.3 Å². The fraction of sp³-hybridized carbons (Fsp3) is 0.600. The zero-order valence-electron chi connectivity index (χ0n) is 12.5. The monoisotopic (exact) mass is 299 g/mol. The molecule has 4 nitrogen and oxygen atoms in total. The van der Waals surface area contributed by atoms with Crippen LogP contribution in [0, 0.1) is 0 Å². The summed E-state index contributed by atoms with van der Waals surface area (Å²) in [6.45, 7) is 5.12. The van der Waals surface area contributed by atoms with Crippen LogP contribution in [0.15, 0.2) is 30.3 Å². The van der Waals surface area contributed by atoms with Gasteiger partial charge in [-0.25, -0.2) is 8.42 Å². The SMILES string of the molecule is CC(C)(C)S(=O)(=O)CCC(CN)(CO)c1ccccc1. The van der Waals surface area contributed by atoms with Crippen molar-refractivity contribution in [3.8, 4) is 0 Å². The Morgan fingerprint density at radius 2 is 1.70 bits per heavy atom. The van der Waals surface area contributed by atoms with E-state index < -0.39 is 20.0 Å². The van der Waals surface area contributed by atoms with E-state index in [9.17, 15) is 13.5 Å². The third-order valence-electron chi connectivity index (χ3n) is 3.86. The van der Waals surface area contributed by atoms with Crippen LogP contribution >= 0.6 is 0 Å². The van der Waals surface area contributed by atoms with E-state index in [4.69, 9.17) is 5.73 Å². The molecule has 1 atom stereocenters. The molecule has 0 amide bonds. The molecule has 0 aliphatic rings. The van der Waals surface area contributed by atoms with E-state index >= 15 is 0 Å². The number of sulfone groups is 1. The molecule has 0 saturated carbocycles. The quantitative estimate of drug-likeness (QED) is 0.834. The lowest BCUT2D eigenvalue weighted by Crippen LogP contribution is -2.42. The van der Waals surface area contributed by atoms with Gasteiger partial charge >= 0.3 is 0 Å². The van der Waals surface area contributed by atoms with Crippen LogP contribution < -0.4 is 5.73 Å². The number of aliphatic hydroxyl groups is 1. The molecule has 0 spiro atoms. The number of aliphatic hydroxyl groups excluding tert-OH is 1. The van der Waals surface area contributed by atoms with Crippen molar-refractivity contribution in [1.82, 2.24) is 0 Å². The van der Waals surface area contributed by atoms with Gasteiger partial charge in [-0.3, -0.25) is 0 Å². The maximum absolute atomic E-state index is 12.2. The molecule has 5 heteroatoms. The van der Waals surface area contributed by atoms with Gasteiger partial charge in [-0.05, 0) is 32.8 Å². The summed E-state index contributed by atoms with van der Waals surface area (Å²) in [5.41, 5.74) is 6.02. The Morgan fingerprint density at radius 3 is 2.10 bits per heavy atom. The van der Waals surface area contributed by atoms with Crippen molar-refractivity contribution < 1.29 is 13.5 Å². The highest BCUT2D eigenvalue weighted by Crippen LogP contribution is 2.29. The second-order valence-electron chi connectivity index (χ2n) is 6.19. The van der Waals surface area contributed by atoms with E-state index in [-0.39, 0.29) is 18.9 Å². The first-order valence-electron chi connectivity index (χ1n) is 6.77. The van der Waals surface area contributed by atoms with Crippen molar-refractivity contribution >= 4 is 9.84 Å². The number of hydrogen-bond donors (Lipinski definition) is 2. The molecule has 0 aliphatic heterocycles. The van der Waals surface area contributed by atoms with E-state index in [2.05, 4.69) is 0 Å². The Hall–Kier alpha value is -0.910. The molecule has 0 bridgehead atoms. The molecule has 0 aliphatic carbocycles. The standard InChI is InChI=1S/C15H25NO3S/c1-14(2,3)20(18,19)10-9-15(11-16,12-17)13-7-5-4-6-8-13/h4-8,17H,9-12,16H2,1-3H3. The minimum atomic E-state index is -3.23. The molecule has 1 rings (SSSR count). The van der Waals surface area contributed by atoms with Gasteiger partial charge in [-0.15, -0.1) is 0 Å². The fourth-order valence-corrected chi connectivity index (χ4v) is 3.30. The summed E-state index contributed by atoms with van der Waals surface area (Å²) < 4.78 is 23.7.